The van der Waals surface area contributed by atoms with Gasteiger partial charge in [0.2, 0.25) is 0 Å². The van der Waals surface area contributed by atoms with E-state index in [9.17, 15) is 44.6 Å². The van der Waals surface area contributed by atoms with Crippen LogP contribution < -0.4 is 0 Å². The van der Waals surface area contributed by atoms with Crippen molar-refractivity contribution in [3.8, 4) is 0 Å². The number of esters is 2. The molecule has 0 radical (unpaired) electrons. The lowest BCUT2D eigenvalue weighted by Crippen LogP contribution is -2.64. The first-order valence-corrected chi connectivity index (χ1v) is 15.8. The minimum atomic E-state index is -5.07. The van der Waals surface area contributed by atoms with Crippen LogP contribution in [-0.4, -0.2) is 98.3 Å². The average molecular weight is 601 g/mol. The maximum atomic E-state index is 12.5. The van der Waals surface area contributed by atoms with E-state index in [-0.39, 0.29) is 12.8 Å². The molecule has 0 spiro atoms. The van der Waals surface area contributed by atoms with E-state index in [0.717, 1.165) is 57.8 Å². The Morgan fingerprint density at radius 1 is 0.675 bits per heavy atom. The van der Waals surface area contributed by atoms with E-state index < -0.39 is 75.7 Å². The number of hydrogen-bond donors (Lipinski definition) is 6. The van der Waals surface area contributed by atoms with E-state index in [1.807, 2.05) is 0 Å². The average Bonchev–Trinajstić information content (AvgIpc) is 2.92. The minimum absolute atomic E-state index is 0.0971. The molecule has 1 aliphatic carbocycles. The minimum Gasteiger partial charge on any atom is -0.462 e. The number of unbranched alkanes of at least 4 members (excludes halogenated alkanes) is 9. The molecule has 40 heavy (non-hydrogen) atoms. The third-order valence-electron chi connectivity index (χ3n) is 6.70. The molecule has 0 bridgehead atoms. The van der Waals surface area contributed by atoms with Gasteiger partial charge in [-0.3, -0.25) is 18.6 Å². The maximum Gasteiger partial charge on any atom is 0.472 e. The molecular formula is C26H49O13P. The number of aliphatic hydroxyl groups excluding tert-OH is 5. The normalized spacial score (nSPS) is 27.1. The van der Waals surface area contributed by atoms with Gasteiger partial charge in [0.25, 0.3) is 0 Å². The monoisotopic (exact) mass is 600 g/mol. The van der Waals surface area contributed by atoms with Crippen molar-refractivity contribution in [2.24, 2.45) is 0 Å². The quantitative estimate of drug-likeness (QED) is 0.0632. The summed E-state index contributed by atoms with van der Waals surface area (Å²) in [5, 5.41) is 49.4. The number of rotatable bonds is 21. The summed E-state index contributed by atoms with van der Waals surface area (Å²) in [6.45, 7) is 3.02. The van der Waals surface area contributed by atoms with Gasteiger partial charge in [-0.15, -0.1) is 0 Å². The molecule has 6 N–H and O–H groups in total. The van der Waals surface area contributed by atoms with Gasteiger partial charge in [0.15, 0.2) is 6.10 Å². The van der Waals surface area contributed by atoms with Crippen molar-refractivity contribution >= 4 is 19.8 Å². The van der Waals surface area contributed by atoms with Crippen LogP contribution in [0.1, 0.15) is 97.3 Å². The third-order valence-corrected chi connectivity index (χ3v) is 7.68. The van der Waals surface area contributed by atoms with Crippen LogP contribution in [0.2, 0.25) is 0 Å². The number of carbonyl (C=O) groups excluding carboxylic acids is 2. The Hall–Kier alpha value is -1.15. The van der Waals surface area contributed by atoms with Crippen molar-refractivity contribution in [2.45, 2.75) is 140 Å². The molecule has 6 unspecified atom stereocenters. The van der Waals surface area contributed by atoms with E-state index in [4.69, 9.17) is 18.5 Å². The lowest BCUT2D eigenvalue weighted by atomic mass is 9.85. The first-order chi connectivity index (χ1) is 18.9. The largest absolute Gasteiger partial charge is 0.472 e. The molecule has 0 amide bonds. The van der Waals surface area contributed by atoms with Crippen LogP contribution in [0.3, 0.4) is 0 Å². The van der Waals surface area contributed by atoms with Crippen molar-refractivity contribution in [2.75, 3.05) is 13.2 Å². The molecule has 1 rings (SSSR count). The number of ether oxygens (including phenoxy) is 2. The van der Waals surface area contributed by atoms with Crippen molar-refractivity contribution in [3.05, 3.63) is 0 Å². The van der Waals surface area contributed by atoms with Crippen LogP contribution in [0, 0.1) is 0 Å². The van der Waals surface area contributed by atoms with E-state index >= 15 is 0 Å². The molecule has 13 nitrogen and oxygen atoms in total. The van der Waals surface area contributed by atoms with Gasteiger partial charge in [-0.1, -0.05) is 71.6 Å². The summed E-state index contributed by atoms with van der Waals surface area (Å²) in [5.74, 6) is -1.13. The van der Waals surface area contributed by atoms with Crippen LogP contribution in [0.15, 0.2) is 0 Å². The fraction of sp³-hybridized carbons (Fsp3) is 0.923. The van der Waals surface area contributed by atoms with Gasteiger partial charge in [0, 0.05) is 12.8 Å². The highest BCUT2D eigenvalue weighted by Gasteiger charge is 2.51. The van der Waals surface area contributed by atoms with Gasteiger partial charge in [-0.25, -0.2) is 4.57 Å². The van der Waals surface area contributed by atoms with E-state index in [1.165, 1.54) is 0 Å². The number of phosphoric acid groups is 1. The van der Waals surface area contributed by atoms with Gasteiger partial charge in [0.05, 0.1) is 6.61 Å². The van der Waals surface area contributed by atoms with Gasteiger partial charge >= 0.3 is 19.8 Å². The Balaban J connectivity index is 2.69. The van der Waals surface area contributed by atoms with Gasteiger partial charge in [0.1, 0.15) is 43.2 Å². The van der Waals surface area contributed by atoms with Crippen molar-refractivity contribution in [1.29, 1.82) is 0 Å². The number of aliphatic hydroxyl groups is 5. The SMILES string of the molecule is CCCCCCCCC(=O)OC(COC(=O)CCCCCCC)COP(=O)(O)OC1C(O)C(O)C(O)C(O)C1O. The fourth-order valence-electron chi connectivity index (χ4n) is 4.22. The molecule has 236 valence electrons. The van der Waals surface area contributed by atoms with Crippen LogP contribution in [0.5, 0.6) is 0 Å². The molecule has 1 fully saturated rings. The molecular weight excluding hydrogens is 551 g/mol. The Kier molecular flexibility index (Phi) is 18.3. The van der Waals surface area contributed by atoms with Gasteiger partial charge in [-0.2, -0.15) is 0 Å². The number of carbonyl (C=O) groups is 2. The van der Waals surface area contributed by atoms with E-state index in [2.05, 4.69) is 13.8 Å². The zero-order valence-corrected chi connectivity index (χ0v) is 24.5. The topological polar surface area (TPSA) is 210 Å². The molecule has 0 saturated heterocycles. The molecule has 6 atom stereocenters. The fourth-order valence-corrected chi connectivity index (χ4v) is 5.20. The molecule has 14 heteroatoms. The summed E-state index contributed by atoms with van der Waals surface area (Å²) < 4.78 is 32.7. The third kappa shape index (κ3) is 14.2. The van der Waals surface area contributed by atoms with Gasteiger partial charge < -0.3 is 39.9 Å². The molecule has 0 aromatic rings. The highest BCUT2D eigenvalue weighted by molar-refractivity contribution is 7.47. The van der Waals surface area contributed by atoms with Crippen LogP contribution >= 0.6 is 7.82 Å². The molecule has 0 aromatic carbocycles. The molecule has 0 aliphatic heterocycles. The van der Waals surface area contributed by atoms with Crippen LogP contribution in [0.4, 0.5) is 0 Å². The second-order valence-electron chi connectivity index (χ2n) is 10.3. The van der Waals surface area contributed by atoms with E-state index in [0.29, 0.717) is 12.8 Å². The van der Waals surface area contributed by atoms with Crippen molar-refractivity contribution in [1.82, 2.24) is 0 Å². The second kappa shape index (κ2) is 19.9. The lowest BCUT2D eigenvalue weighted by Gasteiger charge is -2.41. The van der Waals surface area contributed by atoms with Crippen molar-refractivity contribution < 1.29 is 63.1 Å². The smallest absolute Gasteiger partial charge is 0.462 e. The van der Waals surface area contributed by atoms with Crippen LogP contribution in [0.25, 0.3) is 0 Å². The van der Waals surface area contributed by atoms with Gasteiger partial charge in [-0.05, 0) is 12.8 Å². The Morgan fingerprint density at radius 3 is 1.65 bits per heavy atom. The zero-order chi connectivity index (χ0) is 30.1. The number of hydrogen-bond acceptors (Lipinski definition) is 12. The first-order valence-electron chi connectivity index (χ1n) is 14.3. The standard InChI is InChI=1S/C26H49O13P/c1-3-5-7-9-11-13-15-20(28)38-18(16-36-19(27)14-12-10-8-6-4-2)17-37-40(34,35)39-26-24(32)22(30)21(29)23(31)25(26)33/h18,21-26,29-33H,3-17H2,1-2H3,(H,34,35). The molecule has 1 aliphatic rings. The lowest BCUT2D eigenvalue weighted by molar-refractivity contribution is -0.220. The van der Waals surface area contributed by atoms with Crippen LogP contribution in [-0.2, 0) is 32.7 Å². The summed E-state index contributed by atoms with van der Waals surface area (Å²) in [6, 6.07) is 0. The van der Waals surface area contributed by atoms with Crippen molar-refractivity contribution in [3.63, 3.8) is 0 Å². The molecule has 0 heterocycles. The predicted octanol–water partition coefficient (Wildman–Crippen LogP) is 1.87. The summed E-state index contributed by atoms with van der Waals surface area (Å²) in [5.41, 5.74) is 0. The Labute approximate surface area is 236 Å². The van der Waals surface area contributed by atoms with E-state index in [1.54, 1.807) is 0 Å². The summed E-state index contributed by atoms with van der Waals surface area (Å²) in [6.07, 6.45) is -2.56. The number of phosphoric ester groups is 1. The molecule has 0 aromatic heterocycles. The highest BCUT2D eigenvalue weighted by atomic mass is 31.2. The second-order valence-corrected chi connectivity index (χ2v) is 11.7. The summed E-state index contributed by atoms with van der Waals surface area (Å²) in [7, 11) is -5.07. The predicted molar refractivity (Wildman–Crippen MR) is 143 cm³/mol. The maximum absolute atomic E-state index is 12.5. The summed E-state index contributed by atoms with van der Waals surface area (Å²) >= 11 is 0. The molecule has 1 saturated carbocycles. The summed E-state index contributed by atoms with van der Waals surface area (Å²) in [4.78, 5) is 34.6. The zero-order valence-electron chi connectivity index (χ0n) is 23.6. The first kappa shape index (κ1) is 36.9. The Morgan fingerprint density at radius 2 is 1.12 bits per heavy atom. The Bertz CT molecular complexity index is 751. The highest BCUT2D eigenvalue weighted by Crippen LogP contribution is 2.47.